The first-order chi connectivity index (χ1) is 4.84. The van der Waals surface area contributed by atoms with E-state index in [0.717, 1.165) is 18.4 Å². The van der Waals surface area contributed by atoms with Crippen molar-refractivity contribution in [1.29, 1.82) is 0 Å². The van der Waals surface area contributed by atoms with Crippen LogP contribution in [-0.4, -0.2) is 5.91 Å². The molecule has 1 aliphatic rings. The Bertz CT molecular complexity index is 194. The lowest BCUT2D eigenvalue weighted by Gasteiger charge is -2.05. The van der Waals surface area contributed by atoms with E-state index in [1.807, 2.05) is 12.2 Å². The highest BCUT2D eigenvalue weighted by molar-refractivity contribution is 5.93. The molecule has 0 unspecified atom stereocenters. The van der Waals surface area contributed by atoms with Crippen LogP contribution in [0, 0.1) is 0 Å². The van der Waals surface area contributed by atoms with Gasteiger partial charge < -0.3 is 0 Å². The van der Waals surface area contributed by atoms with Gasteiger partial charge in [-0.25, -0.2) is 5.84 Å². The summed E-state index contributed by atoms with van der Waals surface area (Å²) in [6.07, 6.45) is 7.39. The van der Waals surface area contributed by atoms with Crippen LogP contribution < -0.4 is 11.3 Å². The monoisotopic (exact) mass is 138 g/mol. The average molecular weight is 138 g/mol. The summed E-state index contributed by atoms with van der Waals surface area (Å²) in [7, 11) is 0. The maximum Gasteiger partial charge on any atom is 0.261 e. The summed E-state index contributed by atoms with van der Waals surface area (Å²) in [5.74, 6) is 4.76. The van der Waals surface area contributed by atoms with Gasteiger partial charge in [0.25, 0.3) is 5.91 Å². The number of hydrogen-bond acceptors (Lipinski definition) is 2. The molecule has 1 amide bonds. The summed E-state index contributed by atoms with van der Waals surface area (Å²) >= 11 is 0. The van der Waals surface area contributed by atoms with Crippen molar-refractivity contribution in [2.75, 3.05) is 0 Å². The van der Waals surface area contributed by atoms with Crippen LogP contribution in [-0.2, 0) is 4.79 Å². The first kappa shape index (κ1) is 7.02. The number of carbonyl (C=O) groups excluding carboxylic acids is 1. The highest BCUT2D eigenvalue weighted by Crippen LogP contribution is 2.10. The van der Waals surface area contributed by atoms with Gasteiger partial charge in [-0.2, -0.15) is 0 Å². The number of hydrazine groups is 1. The number of carbonyl (C=O) groups is 1. The maximum absolute atomic E-state index is 10.8. The lowest BCUT2D eigenvalue weighted by Crippen LogP contribution is -2.31. The Morgan fingerprint density at radius 2 is 2.50 bits per heavy atom. The third kappa shape index (κ3) is 1.45. The Morgan fingerprint density at radius 1 is 1.70 bits per heavy atom. The Morgan fingerprint density at radius 3 is 3.00 bits per heavy atom. The van der Waals surface area contributed by atoms with Crippen LogP contribution in [0.2, 0.25) is 0 Å². The van der Waals surface area contributed by atoms with Crippen LogP contribution >= 0.6 is 0 Å². The smallest absolute Gasteiger partial charge is 0.261 e. The van der Waals surface area contributed by atoms with Crippen molar-refractivity contribution in [3.63, 3.8) is 0 Å². The Balaban J connectivity index is 2.62. The van der Waals surface area contributed by atoms with Crippen LogP contribution in [0.25, 0.3) is 0 Å². The van der Waals surface area contributed by atoms with E-state index in [4.69, 9.17) is 5.84 Å². The summed E-state index contributed by atoms with van der Waals surface area (Å²) in [4.78, 5) is 10.8. The van der Waals surface area contributed by atoms with Crippen molar-refractivity contribution in [2.24, 2.45) is 5.84 Å². The Labute approximate surface area is 59.6 Å². The molecule has 0 saturated carbocycles. The van der Waals surface area contributed by atoms with Crippen molar-refractivity contribution in [3.8, 4) is 0 Å². The van der Waals surface area contributed by atoms with Crippen molar-refractivity contribution >= 4 is 5.91 Å². The highest BCUT2D eigenvalue weighted by atomic mass is 16.2. The third-order valence-corrected chi connectivity index (χ3v) is 1.44. The first-order valence-electron chi connectivity index (χ1n) is 3.21. The first-order valence-corrected chi connectivity index (χ1v) is 3.21. The van der Waals surface area contributed by atoms with Crippen LogP contribution in [0.1, 0.15) is 12.8 Å². The fraction of sp³-hybridized carbons (Fsp3) is 0.286. The van der Waals surface area contributed by atoms with E-state index in [1.54, 1.807) is 6.08 Å². The minimum Gasteiger partial charge on any atom is -0.290 e. The van der Waals surface area contributed by atoms with Gasteiger partial charge in [-0.15, -0.1) is 0 Å². The van der Waals surface area contributed by atoms with Gasteiger partial charge in [0.05, 0.1) is 0 Å². The second-order valence-corrected chi connectivity index (χ2v) is 2.13. The van der Waals surface area contributed by atoms with Gasteiger partial charge in [0.15, 0.2) is 0 Å². The zero-order valence-electron chi connectivity index (χ0n) is 5.63. The van der Waals surface area contributed by atoms with E-state index in [2.05, 4.69) is 5.43 Å². The van der Waals surface area contributed by atoms with Crippen molar-refractivity contribution in [3.05, 3.63) is 23.8 Å². The second kappa shape index (κ2) is 3.17. The molecule has 0 aromatic heterocycles. The molecule has 0 atom stereocenters. The minimum absolute atomic E-state index is 0.177. The molecule has 0 aliphatic heterocycles. The van der Waals surface area contributed by atoms with Crippen LogP contribution in [0.5, 0.6) is 0 Å². The molecule has 1 rings (SSSR count). The summed E-state index contributed by atoms with van der Waals surface area (Å²) < 4.78 is 0. The van der Waals surface area contributed by atoms with E-state index in [-0.39, 0.29) is 5.91 Å². The lowest BCUT2D eigenvalue weighted by molar-refractivity contribution is -0.117. The topological polar surface area (TPSA) is 55.1 Å². The molecule has 3 N–H and O–H groups in total. The van der Waals surface area contributed by atoms with E-state index in [1.165, 1.54) is 0 Å². The molecule has 0 aromatic rings. The van der Waals surface area contributed by atoms with Gasteiger partial charge in [0.1, 0.15) is 0 Å². The minimum atomic E-state index is -0.177. The third-order valence-electron chi connectivity index (χ3n) is 1.44. The van der Waals surface area contributed by atoms with E-state index in [9.17, 15) is 4.79 Å². The second-order valence-electron chi connectivity index (χ2n) is 2.13. The summed E-state index contributed by atoms with van der Waals surface area (Å²) in [5.41, 5.74) is 2.85. The summed E-state index contributed by atoms with van der Waals surface area (Å²) in [5, 5.41) is 0. The summed E-state index contributed by atoms with van der Waals surface area (Å²) in [6, 6.07) is 0. The molecule has 0 spiro atoms. The maximum atomic E-state index is 10.8. The van der Waals surface area contributed by atoms with Gasteiger partial charge in [-0.05, 0) is 12.8 Å². The normalized spacial score (nSPS) is 16.3. The fourth-order valence-corrected chi connectivity index (χ4v) is 0.885. The molecule has 0 heterocycles. The van der Waals surface area contributed by atoms with Gasteiger partial charge in [-0.1, -0.05) is 18.2 Å². The number of allylic oxidation sites excluding steroid dienone is 3. The molecule has 0 saturated heterocycles. The molecule has 3 nitrogen and oxygen atoms in total. The lowest BCUT2D eigenvalue weighted by atomic mass is 10.1. The van der Waals surface area contributed by atoms with Gasteiger partial charge in [-0.3, -0.25) is 10.2 Å². The number of amides is 1. The van der Waals surface area contributed by atoms with E-state index >= 15 is 0 Å². The molecular formula is C7H10N2O. The highest BCUT2D eigenvalue weighted by Gasteiger charge is 2.06. The quantitative estimate of drug-likeness (QED) is 0.310. The number of nitrogens with one attached hydrogen (secondary N) is 1. The summed E-state index contributed by atoms with van der Waals surface area (Å²) in [6.45, 7) is 0. The molecular weight excluding hydrogens is 128 g/mol. The SMILES string of the molecule is NNC(=O)C1=CC=CCC1. The van der Waals surface area contributed by atoms with Crippen molar-refractivity contribution in [2.45, 2.75) is 12.8 Å². The molecule has 0 fully saturated rings. The van der Waals surface area contributed by atoms with Gasteiger partial charge in [0, 0.05) is 5.57 Å². The fourth-order valence-electron chi connectivity index (χ4n) is 0.885. The molecule has 10 heavy (non-hydrogen) atoms. The molecule has 0 bridgehead atoms. The molecule has 0 radical (unpaired) electrons. The number of hydrogen-bond donors (Lipinski definition) is 2. The average Bonchev–Trinajstić information content (AvgIpc) is 2.05. The molecule has 54 valence electrons. The predicted molar refractivity (Wildman–Crippen MR) is 38.8 cm³/mol. The predicted octanol–water partition coefficient (Wildman–Crippen LogP) is 0.253. The molecule has 3 heteroatoms. The molecule has 0 aromatic carbocycles. The Kier molecular flexibility index (Phi) is 2.23. The van der Waals surface area contributed by atoms with E-state index in [0.29, 0.717) is 0 Å². The zero-order valence-corrected chi connectivity index (χ0v) is 5.63. The van der Waals surface area contributed by atoms with Crippen LogP contribution in [0.15, 0.2) is 23.8 Å². The van der Waals surface area contributed by atoms with Crippen molar-refractivity contribution in [1.82, 2.24) is 5.43 Å². The number of nitrogens with two attached hydrogens (primary N) is 1. The van der Waals surface area contributed by atoms with Gasteiger partial charge >= 0.3 is 0 Å². The standard InChI is InChI=1S/C7H10N2O/c8-9-7(10)6-4-2-1-3-5-6/h1-2,4H,3,5,8H2,(H,9,10). The van der Waals surface area contributed by atoms with Crippen molar-refractivity contribution < 1.29 is 4.79 Å². The van der Waals surface area contributed by atoms with E-state index < -0.39 is 0 Å². The van der Waals surface area contributed by atoms with Crippen LogP contribution in [0.4, 0.5) is 0 Å². The molecule has 1 aliphatic carbocycles. The largest absolute Gasteiger partial charge is 0.290 e. The number of rotatable bonds is 1. The van der Waals surface area contributed by atoms with Crippen LogP contribution in [0.3, 0.4) is 0 Å². The van der Waals surface area contributed by atoms with Gasteiger partial charge in [0.2, 0.25) is 0 Å². The Hall–Kier alpha value is -1.09. The zero-order chi connectivity index (χ0) is 7.40.